The maximum absolute atomic E-state index is 8.69. The van der Waals surface area contributed by atoms with Crippen molar-refractivity contribution in [2.75, 3.05) is 0 Å². The molecule has 0 amide bonds. The third-order valence-corrected chi connectivity index (χ3v) is 2.06. The smallest absolute Gasteiger partial charge is 0.174 e. The molecule has 1 aromatic carbocycles. The SMILES string of the molecule is N#C/C(N)=C(\C#N)N=Cc1ccccc1Cl. The molecular weight excluding hydrogens is 224 g/mol. The van der Waals surface area contributed by atoms with Gasteiger partial charge in [-0.1, -0.05) is 29.8 Å². The topological polar surface area (TPSA) is 86.0 Å². The number of rotatable bonds is 2. The van der Waals surface area contributed by atoms with Gasteiger partial charge in [-0.15, -0.1) is 0 Å². The van der Waals surface area contributed by atoms with Crippen molar-refractivity contribution in [3.63, 3.8) is 0 Å². The van der Waals surface area contributed by atoms with Crippen molar-refractivity contribution in [2.24, 2.45) is 10.7 Å². The number of halogens is 1. The number of nitriles is 2. The summed E-state index contributed by atoms with van der Waals surface area (Å²) in [6.07, 6.45) is 1.39. The van der Waals surface area contributed by atoms with Gasteiger partial charge in [0.05, 0.1) is 0 Å². The van der Waals surface area contributed by atoms with Gasteiger partial charge < -0.3 is 5.73 Å². The molecule has 0 atom stereocenters. The van der Waals surface area contributed by atoms with Gasteiger partial charge in [0, 0.05) is 16.8 Å². The molecule has 0 spiro atoms. The Balaban J connectivity index is 3.04. The van der Waals surface area contributed by atoms with Crippen molar-refractivity contribution in [1.82, 2.24) is 0 Å². The second-order valence-corrected chi connectivity index (χ2v) is 3.17. The lowest BCUT2D eigenvalue weighted by Crippen LogP contribution is -1.97. The molecular formula is C11H7ClN4. The Bertz CT molecular complexity index is 532. The van der Waals surface area contributed by atoms with Gasteiger partial charge in [0.25, 0.3) is 0 Å². The number of nitrogens with zero attached hydrogens (tertiary/aromatic N) is 3. The summed E-state index contributed by atoms with van der Waals surface area (Å²) in [5.41, 5.74) is 5.59. The van der Waals surface area contributed by atoms with E-state index in [2.05, 4.69) is 4.99 Å². The van der Waals surface area contributed by atoms with E-state index < -0.39 is 0 Å². The highest BCUT2D eigenvalue weighted by atomic mass is 35.5. The van der Waals surface area contributed by atoms with E-state index in [-0.39, 0.29) is 11.4 Å². The van der Waals surface area contributed by atoms with Crippen molar-refractivity contribution in [3.8, 4) is 12.1 Å². The quantitative estimate of drug-likeness (QED) is 0.623. The summed E-state index contributed by atoms with van der Waals surface area (Å²) < 4.78 is 0. The predicted octanol–water partition coefficient (Wildman–Crippen LogP) is 1.98. The fraction of sp³-hybridized carbons (Fsp3) is 0. The summed E-state index contributed by atoms with van der Waals surface area (Å²) in [6.45, 7) is 0. The van der Waals surface area contributed by atoms with E-state index in [1.807, 2.05) is 0 Å². The van der Waals surface area contributed by atoms with E-state index in [0.29, 0.717) is 10.6 Å². The fourth-order valence-corrected chi connectivity index (χ4v) is 1.11. The summed E-state index contributed by atoms with van der Waals surface area (Å²) >= 11 is 5.88. The maximum Gasteiger partial charge on any atom is 0.174 e. The molecule has 78 valence electrons. The molecule has 1 aromatic rings. The molecule has 0 unspecified atom stereocenters. The molecule has 1 rings (SSSR count). The second kappa shape index (κ2) is 5.55. The first kappa shape index (κ1) is 11.8. The van der Waals surface area contributed by atoms with Crippen LogP contribution < -0.4 is 5.73 Å². The van der Waals surface area contributed by atoms with Crippen LogP contribution in [0.3, 0.4) is 0 Å². The number of nitrogens with two attached hydrogens (primary N) is 1. The average molecular weight is 231 g/mol. The highest BCUT2D eigenvalue weighted by Crippen LogP contribution is 2.13. The zero-order valence-corrected chi connectivity index (χ0v) is 8.94. The molecule has 2 N–H and O–H groups in total. The summed E-state index contributed by atoms with van der Waals surface area (Å²) in [5, 5.41) is 17.7. The van der Waals surface area contributed by atoms with Gasteiger partial charge in [-0.3, -0.25) is 0 Å². The largest absolute Gasteiger partial charge is 0.388 e. The summed E-state index contributed by atoms with van der Waals surface area (Å²) in [5.74, 6) is 0. The predicted molar refractivity (Wildman–Crippen MR) is 61.5 cm³/mol. The van der Waals surface area contributed by atoms with E-state index in [1.54, 1.807) is 36.4 Å². The van der Waals surface area contributed by atoms with Crippen LogP contribution in [0.1, 0.15) is 5.56 Å². The second-order valence-electron chi connectivity index (χ2n) is 2.77. The Hall–Kier alpha value is -2.30. The van der Waals surface area contributed by atoms with E-state index in [0.717, 1.165) is 0 Å². The first-order valence-electron chi connectivity index (χ1n) is 4.27. The maximum atomic E-state index is 8.69. The average Bonchev–Trinajstić information content (AvgIpc) is 2.31. The first-order chi connectivity index (χ1) is 7.69. The van der Waals surface area contributed by atoms with Crippen LogP contribution in [-0.2, 0) is 0 Å². The summed E-state index contributed by atoms with van der Waals surface area (Å²) in [7, 11) is 0. The number of hydrogen-bond donors (Lipinski definition) is 1. The molecule has 4 nitrogen and oxygen atoms in total. The van der Waals surface area contributed by atoms with Crippen LogP contribution in [0.15, 0.2) is 40.7 Å². The minimum atomic E-state index is -0.217. The summed E-state index contributed by atoms with van der Waals surface area (Å²) in [4.78, 5) is 3.81. The molecule has 0 fully saturated rings. The van der Waals surface area contributed by atoms with Gasteiger partial charge in [0.1, 0.15) is 17.8 Å². The van der Waals surface area contributed by atoms with Crippen LogP contribution in [0, 0.1) is 22.7 Å². The normalized spacial score (nSPS) is 11.7. The lowest BCUT2D eigenvalue weighted by Gasteiger charge is -1.95. The Morgan fingerprint density at radius 1 is 1.31 bits per heavy atom. The number of benzene rings is 1. The lowest BCUT2D eigenvalue weighted by molar-refractivity contribution is 1.27. The fourth-order valence-electron chi connectivity index (χ4n) is 0.925. The van der Waals surface area contributed by atoms with Gasteiger partial charge in [0.2, 0.25) is 0 Å². The van der Waals surface area contributed by atoms with Crippen molar-refractivity contribution in [1.29, 1.82) is 10.5 Å². The molecule has 0 bridgehead atoms. The molecule has 0 saturated carbocycles. The van der Waals surface area contributed by atoms with Gasteiger partial charge in [0.15, 0.2) is 5.70 Å². The molecule has 0 aliphatic heterocycles. The van der Waals surface area contributed by atoms with Crippen molar-refractivity contribution in [2.45, 2.75) is 0 Å². The molecule has 16 heavy (non-hydrogen) atoms. The standard InChI is InChI=1S/C11H7ClN4/c12-9-4-2-1-3-8(9)7-16-11(6-14)10(15)5-13/h1-4,7H,15H2/b11-10-,16-7?. The van der Waals surface area contributed by atoms with Crippen LogP contribution in [-0.4, -0.2) is 6.21 Å². The highest BCUT2D eigenvalue weighted by Gasteiger charge is 1.99. The van der Waals surface area contributed by atoms with E-state index >= 15 is 0 Å². The van der Waals surface area contributed by atoms with Crippen LogP contribution in [0.25, 0.3) is 0 Å². The van der Waals surface area contributed by atoms with E-state index in [9.17, 15) is 0 Å². The number of allylic oxidation sites excluding steroid dienone is 2. The van der Waals surface area contributed by atoms with Crippen molar-refractivity contribution < 1.29 is 0 Å². The van der Waals surface area contributed by atoms with Crippen molar-refractivity contribution in [3.05, 3.63) is 46.2 Å². The minimum absolute atomic E-state index is 0.123. The number of aliphatic imine (C=N–C) groups is 1. The van der Waals surface area contributed by atoms with Crippen LogP contribution in [0.2, 0.25) is 5.02 Å². The first-order valence-corrected chi connectivity index (χ1v) is 4.65. The lowest BCUT2D eigenvalue weighted by atomic mass is 10.2. The zero-order valence-electron chi connectivity index (χ0n) is 8.18. The Labute approximate surface area is 97.9 Å². The van der Waals surface area contributed by atoms with Crippen LogP contribution in [0.4, 0.5) is 0 Å². The number of hydrogen-bond acceptors (Lipinski definition) is 4. The molecule has 0 aromatic heterocycles. The zero-order chi connectivity index (χ0) is 12.0. The molecule has 0 heterocycles. The molecule has 0 saturated heterocycles. The third kappa shape index (κ3) is 2.84. The Morgan fingerprint density at radius 3 is 2.56 bits per heavy atom. The van der Waals surface area contributed by atoms with E-state index in [1.165, 1.54) is 6.21 Å². The molecule has 0 radical (unpaired) electrons. The van der Waals surface area contributed by atoms with Gasteiger partial charge in [-0.2, -0.15) is 10.5 Å². The molecule has 0 aliphatic carbocycles. The minimum Gasteiger partial charge on any atom is -0.388 e. The third-order valence-electron chi connectivity index (χ3n) is 1.72. The van der Waals surface area contributed by atoms with Gasteiger partial charge in [-0.05, 0) is 6.07 Å². The van der Waals surface area contributed by atoms with Gasteiger partial charge >= 0.3 is 0 Å². The summed E-state index contributed by atoms with van der Waals surface area (Å²) in [6, 6.07) is 10.4. The highest BCUT2D eigenvalue weighted by molar-refractivity contribution is 6.33. The van der Waals surface area contributed by atoms with Gasteiger partial charge in [-0.25, -0.2) is 4.99 Å². The van der Waals surface area contributed by atoms with Crippen molar-refractivity contribution >= 4 is 17.8 Å². The molecule has 5 heteroatoms. The van der Waals surface area contributed by atoms with E-state index in [4.69, 9.17) is 27.9 Å². The molecule has 0 aliphatic rings. The Morgan fingerprint density at radius 2 is 2.00 bits per heavy atom. The van der Waals surface area contributed by atoms with Crippen LogP contribution >= 0.6 is 11.6 Å². The Kier molecular flexibility index (Phi) is 4.08. The monoisotopic (exact) mass is 230 g/mol. The van der Waals surface area contributed by atoms with Crippen LogP contribution in [0.5, 0.6) is 0 Å².